The number of anilines is 1. The Balaban J connectivity index is 1.88. The normalized spacial score (nSPS) is 9.86. The topological polar surface area (TPSA) is 75.3 Å². The Labute approximate surface area is 128 Å². The first-order valence-corrected chi connectivity index (χ1v) is 6.80. The summed E-state index contributed by atoms with van der Waals surface area (Å²) in [5.74, 6) is -1.51. The van der Waals surface area contributed by atoms with Gasteiger partial charge in [0.25, 0.3) is 0 Å². The fourth-order valence-electron chi connectivity index (χ4n) is 1.83. The first-order chi connectivity index (χ1) is 10.6. The van der Waals surface area contributed by atoms with Crippen LogP contribution < -0.4 is 10.6 Å². The lowest BCUT2D eigenvalue weighted by molar-refractivity contribution is -0.136. The largest absolute Gasteiger partial charge is 0.344 e. The number of nitrogens with one attached hydrogen (secondary N) is 2. The monoisotopic (exact) mass is 296 g/mol. The molecule has 0 aliphatic rings. The Hall–Kier alpha value is -2.95. The van der Waals surface area contributed by atoms with Crippen molar-refractivity contribution in [1.29, 1.82) is 0 Å². The molecule has 112 valence electrons. The van der Waals surface area contributed by atoms with Gasteiger partial charge in [0.1, 0.15) is 0 Å². The number of hydrogen-bond donors (Lipinski definition) is 2. The van der Waals surface area contributed by atoms with E-state index >= 15 is 0 Å². The van der Waals surface area contributed by atoms with Crippen LogP contribution in [0.15, 0.2) is 54.6 Å². The van der Waals surface area contributed by atoms with E-state index in [2.05, 4.69) is 10.6 Å². The van der Waals surface area contributed by atoms with E-state index in [-0.39, 0.29) is 12.3 Å². The molecule has 0 saturated heterocycles. The van der Waals surface area contributed by atoms with Gasteiger partial charge in [0.2, 0.25) is 0 Å². The zero-order valence-electron chi connectivity index (χ0n) is 12.1. The van der Waals surface area contributed by atoms with E-state index in [0.717, 1.165) is 5.56 Å². The first kappa shape index (κ1) is 15.4. The standard InChI is InChI=1S/C17H16N2O3/c1-12(20)14-7-9-15(10-8-14)19-17(22)16(21)18-11-13-5-3-2-4-6-13/h2-10H,11H2,1H3,(H,18,21)(H,19,22). The molecule has 0 aliphatic heterocycles. The van der Waals surface area contributed by atoms with Gasteiger partial charge in [-0.3, -0.25) is 14.4 Å². The third-order valence-corrected chi connectivity index (χ3v) is 3.05. The Kier molecular flexibility index (Phi) is 5.03. The van der Waals surface area contributed by atoms with Crippen molar-refractivity contribution in [3.8, 4) is 0 Å². The molecule has 0 aromatic heterocycles. The predicted octanol–water partition coefficient (Wildman–Crippen LogP) is 2.14. The summed E-state index contributed by atoms with van der Waals surface area (Å²) in [7, 11) is 0. The minimum Gasteiger partial charge on any atom is -0.344 e. The van der Waals surface area contributed by atoms with Gasteiger partial charge in [0, 0.05) is 17.8 Å². The van der Waals surface area contributed by atoms with Crippen LogP contribution in [0.4, 0.5) is 5.69 Å². The van der Waals surface area contributed by atoms with Crippen LogP contribution in [0.1, 0.15) is 22.8 Å². The number of benzene rings is 2. The maximum absolute atomic E-state index is 11.8. The number of ketones is 1. The molecular weight excluding hydrogens is 280 g/mol. The van der Waals surface area contributed by atoms with Crippen LogP contribution in [0.5, 0.6) is 0 Å². The molecule has 0 spiro atoms. The molecule has 5 heteroatoms. The maximum atomic E-state index is 11.8. The molecular formula is C17H16N2O3. The molecule has 2 N–H and O–H groups in total. The van der Waals surface area contributed by atoms with Crippen molar-refractivity contribution in [3.05, 3.63) is 65.7 Å². The molecule has 0 heterocycles. The predicted molar refractivity (Wildman–Crippen MR) is 83.4 cm³/mol. The van der Waals surface area contributed by atoms with Crippen LogP contribution >= 0.6 is 0 Å². The lowest BCUT2D eigenvalue weighted by Crippen LogP contribution is -2.34. The van der Waals surface area contributed by atoms with Crippen molar-refractivity contribution >= 4 is 23.3 Å². The van der Waals surface area contributed by atoms with Crippen LogP contribution in [0, 0.1) is 0 Å². The van der Waals surface area contributed by atoms with E-state index < -0.39 is 11.8 Å². The highest BCUT2D eigenvalue weighted by molar-refractivity contribution is 6.39. The summed E-state index contributed by atoms with van der Waals surface area (Å²) < 4.78 is 0. The summed E-state index contributed by atoms with van der Waals surface area (Å²) in [6.45, 7) is 1.75. The molecule has 2 aromatic rings. The summed E-state index contributed by atoms with van der Waals surface area (Å²) in [5.41, 5.74) is 1.92. The van der Waals surface area contributed by atoms with Gasteiger partial charge in [-0.2, -0.15) is 0 Å². The van der Waals surface area contributed by atoms with Gasteiger partial charge in [0.15, 0.2) is 5.78 Å². The molecule has 2 aromatic carbocycles. The van der Waals surface area contributed by atoms with Gasteiger partial charge < -0.3 is 10.6 Å². The molecule has 0 bridgehead atoms. The van der Waals surface area contributed by atoms with Gasteiger partial charge in [-0.15, -0.1) is 0 Å². The Morgan fingerprint density at radius 1 is 0.864 bits per heavy atom. The van der Waals surface area contributed by atoms with Crippen LogP contribution in [0.25, 0.3) is 0 Å². The van der Waals surface area contributed by atoms with Crippen LogP contribution in [0.2, 0.25) is 0 Å². The highest BCUT2D eigenvalue weighted by Crippen LogP contribution is 2.09. The second-order valence-corrected chi connectivity index (χ2v) is 4.76. The molecule has 0 unspecified atom stereocenters. The van der Waals surface area contributed by atoms with E-state index in [4.69, 9.17) is 0 Å². The summed E-state index contributed by atoms with van der Waals surface area (Å²) in [5, 5.41) is 5.03. The van der Waals surface area contributed by atoms with Gasteiger partial charge in [-0.05, 0) is 36.8 Å². The van der Waals surface area contributed by atoms with Crippen molar-refractivity contribution in [3.63, 3.8) is 0 Å². The van der Waals surface area contributed by atoms with Gasteiger partial charge in [0.05, 0.1) is 0 Å². The summed E-state index contributed by atoms with van der Waals surface area (Å²) in [4.78, 5) is 34.6. The van der Waals surface area contributed by atoms with E-state index in [9.17, 15) is 14.4 Å². The van der Waals surface area contributed by atoms with Crippen LogP contribution in [-0.4, -0.2) is 17.6 Å². The SMILES string of the molecule is CC(=O)c1ccc(NC(=O)C(=O)NCc2ccccc2)cc1. The fraction of sp³-hybridized carbons (Fsp3) is 0.118. The lowest BCUT2D eigenvalue weighted by atomic mass is 10.1. The Bertz CT molecular complexity index is 679. The molecule has 5 nitrogen and oxygen atoms in total. The number of rotatable bonds is 4. The highest BCUT2D eigenvalue weighted by atomic mass is 16.2. The minimum absolute atomic E-state index is 0.0570. The fourth-order valence-corrected chi connectivity index (χ4v) is 1.83. The molecule has 0 aliphatic carbocycles. The number of hydrogen-bond acceptors (Lipinski definition) is 3. The van der Waals surface area contributed by atoms with Crippen molar-refractivity contribution in [2.45, 2.75) is 13.5 Å². The van der Waals surface area contributed by atoms with E-state index in [0.29, 0.717) is 11.3 Å². The van der Waals surface area contributed by atoms with E-state index in [1.54, 1.807) is 24.3 Å². The smallest absolute Gasteiger partial charge is 0.313 e. The number of carbonyl (C=O) groups is 3. The highest BCUT2D eigenvalue weighted by Gasteiger charge is 2.13. The number of amides is 2. The average Bonchev–Trinajstić information content (AvgIpc) is 2.54. The van der Waals surface area contributed by atoms with Crippen molar-refractivity contribution in [2.75, 3.05) is 5.32 Å². The molecule has 2 rings (SSSR count). The maximum Gasteiger partial charge on any atom is 0.313 e. The second kappa shape index (κ2) is 7.17. The number of carbonyl (C=O) groups excluding carboxylic acids is 3. The van der Waals surface area contributed by atoms with Crippen molar-refractivity contribution in [2.24, 2.45) is 0 Å². The Morgan fingerprint density at radius 2 is 1.50 bits per heavy atom. The molecule has 2 amide bonds. The number of Topliss-reactive ketones (excluding diaryl/α,β-unsaturated/α-hetero) is 1. The molecule has 0 radical (unpaired) electrons. The summed E-state index contributed by atoms with van der Waals surface area (Å²) in [6, 6.07) is 15.7. The van der Waals surface area contributed by atoms with Gasteiger partial charge in [-0.25, -0.2) is 0 Å². The van der Waals surface area contributed by atoms with Crippen molar-refractivity contribution in [1.82, 2.24) is 5.32 Å². The third kappa shape index (κ3) is 4.28. The molecule has 0 fully saturated rings. The molecule has 22 heavy (non-hydrogen) atoms. The zero-order chi connectivity index (χ0) is 15.9. The second-order valence-electron chi connectivity index (χ2n) is 4.76. The summed E-state index contributed by atoms with van der Waals surface area (Å²) >= 11 is 0. The Morgan fingerprint density at radius 3 is 2.09 bits per heavy atom. The zero-order valence-corrected chi connectivity index (χ0v) is 12.1. The minimum atomic E-state index is -0.744. The lowest BCUT2D eigenvalue weighted by Gasteiger charge is -2.07. The molecule has 0 atom stereocenters. The van der Waals surface area contributed by atoms with Crippen LogP contribution in [-0.2, 0) is 16.1 Å². The van der Waals surface area contributed by atoms with Gasteiger partial charge in [-0.1, -0.05) is 30.3 Å². The third-order valence-electron chi connectivity index (χ3n) is 3.05. The van der Waals surface area contributed by atoms with Crippen LogP contribution in [0.3, 0.4) is 0 Å². The first-order valence-electron chi connectivity index (χ1n) is 6.80. The molecule has 0 saturated carbocycles. The van der Waals surface area contributed by atoms with Crippen molar-refractivity contribution < 1.29 is 14.4 Å². The quantitative estimate of drug-likeness (QED) is 0.670. The average molecular weight is 296 g/mol. The van der Waals surface area contributed by atoms with Gasteiger partial charge >= 0.3 is 11.8 Å². The van der Waals surface area contributed by atoms with E-state index in [1.807, 2.05) is 30.3 Å². The van der Waals surface area contributed by atoms with E-state index in [1.165, 1.54) is 6.92 Å². The summed E-state index contributed by atoms with van der Waals surface area (Å²) in [6.07, 6.45) is 0.